The molecule has 1 heterocycles. The van der Waals surface area contributed by atoms with E-state index in [9.17, 15) is 9.18 Å². The van der Waals surface area contributed by atoms with Crippen LogP contribution in [-0.2, 0) is 9.53 Å². The molecule has 3 rings (SSSR count). The summed E-state index contributed by atoms with van der Waals surface area (Å²) < 4.78 is 35.1. The first-order valence-corrected chi connectivity index (χ1v) is 10.6. The minimum atomic E-state index is -1.78. The number of aryl methyl sites for hydroxylation is 1. The van der Waals surface area contributed by atoms with E-state index in [1.807, 2.05) is 44.2 Å². The Hall–Kier alpha value is -2.05. The zero-order valence-corrected chi connectivity index (χ0v) is 18.3. The molecule has 0 aromatic heterocycles. The van der Waals surface area contributed by atoms with Crippen LogP contribution < -0.4 is 5.73 Å². The van der Waals surface area contributed by atoms with Crippen LogP contribution in [0.5, 0.6) is 0 Å². The molecule has 0 spiro atoms. The van der Waals surface area contributed by atoms with E-state index in [1.165, 1.54) is 0 Å². The van der Waals surface area contributed by atoms with Crippen LogP contribution in [0.3, 0.4) is 0 Å². The van der Waals surface area contributed by atoms with Crippen molar-refractivity contribution in [2.45, 2.75) is 52.0 Å². The number of rotatable bonds is 7. The second kappa shape index (κ2) is 8.98. The van der Waals surface area contributed by atoms with Gasteiger partial charge in [0.1, 0.15) is 6.17 Å². The highest BCUT2D eigenvalue weighted by atomic mass is 19.1. The number of allylic oxidation sites excluding steroid dienone is 2. The van der Waals surface area contributed by atoms with Crippen LogP contribution in [-0.4, -0.2) is 55.0 Å². The fourth-order valence-corrected chi connectivity index (χ4v) is 4.55. The average Bonchev–Trinajstić information content (AvgIpc) is 2.66. The molecule has 0 amide bonds. The smallest absolute Gasteiger partial charge is 0.307 e. The number of nitrogens with zero attached hydrogens (tertiary/aromatic N) is 1. The van der Waals surface area contributed by atoms with Crippen molar-refractivity contribution in [1.82, 2.24) is 4.90 Å². The van der Waals surface area contributed by atoms with Crippen LogP contribution in [0, 0.1) is 12.8 Å². The van der Waals surface area contributed by atoms with Crippen LogP contribution in [0.1, 0.15) is 38.3 Å². The lowest BCUT2D eigenvalue weighted by atomic mass is 9.69. The molecule has 2 aliphatic rings. The maximum Gasteiger partial charge on any atom is 0.307 e. The third-order valence-corrected chi connectivity index (χ3v) is 6.44. The van der Waals surface area contributed by atoms with Gasteiger partial charge in [0.15, 0.2) is 5.67 Å². The summed E-state index contributed by atoms with van der Waals surface area (Å²) in [4.78, 5) is 13.8. The SMILES string of the molecule is CCOC(=O)CC(N)C1C=C(c2ccccc2C)C(C)=C(C)C1(F)CN1CC(F)C1. The minimum Gasteiger partial charge on any atom is -0.466 e. The number of likely N-dealkylation sites (tertiary alicyclic amines) is 1. The fraction of sp³-hybridized carbons (Fsp3) is 0.542. The predicted octanol–water partition coefficient (Wildman–Crippen LogP) is 3.99. The van der Waals surface area contributed by atoms with E-state index in [-0.39, 0.29) is 32.7 Å². The van der Waals surface area contributed by atoms with Gasteiger partial charge in [-0.05, 0) is 55.5 Å². The zero-order valence-electron chi connectivity index (χ0n) is 18.3. The molecule has 1 aromatic rings. The van der Waals surface area contributed by atoms with E-state index in [1.54, 1.807) is 18.7 Å². The molecule has 4 nitrogen and oxygen atoms in total. The molecule has 2 N–H and O–H groups in total. The van der Waals surface area contributed by atoms with Crippen molar-refractivity contribution in [3.8, 4) is 0 Å². The van der Waals surface area contributed by atoms with Gasteiger partial charge in [-0.2, -0.15) is 0 Å². The number of hydrogen-bond donors (Lipinski definition) is 1. The molecule has 6 heteroatoms. The molecule has 1 fully saturated rings. The summed E-state index contributed by atoms with van der Waals surface area (Å²) in [7, 11) is 0. The number of halogens is 2. The quantitative estimate of drug-likeness (QED) is 0.681. The van der Waals surface area contributed by atoms with E-state index in [2.05, 4.69) is 0 Å². The predicted molar refractivity (Wildman–Crippen MR) is 115 cm³/mol. The Bertz CT molecular complexity index is 861. The highest BCUT2D eigenvalue weighted by Crippen LogP contribution is 2.46. The van der Waals surface area contributed by atoms with Gasteiger partial charge in [0.2, 0.25) is 0 Å². The first kappa shape index (κ1) is 22.6. The summed E-state index contributed by atoms with van der Waals surface area (Å²) in [6.07, 6.45) is 0.897. The van der Waals surface area contributed by atoms with Gasteiger partial charge in [-0.25, -0.2) is 8.78 Å². The van der Waals surface area contributed by atoms with Crippen molar-refractivity contribution in [3.05, 3.63) is 52.6 Å². The van der Waals surface area contributed by atoms with Crippen molar-refractivity contribution >= 4 is 11.5 Å². The van der Waals surface area contributed by atoms with E-state index in [0.717, 1.165) is 22.3 Å². The molecule has 3 atom stereocenters. The van der Waals surface area contributed by atoms with Gasteiger partial charge in [0.05, 0.1) is 13.0 Å². The Balaban J connectivity index is 2.01. The van der Waals surface area contributed by atoms with Gasteiger partial charge in [0, 0.05) is 31.6 Å². The number of nitrogens with two attached hydrogens (primary N) is 1. The Morgan fingerprint density at radius 1 is 1.30 bits per heavy atom. The van der Waals surface area contributed by atoms with Crippen LogP contribution >= 0.6 is 0 Å². The summed E-state index contributed by atoms with van der Waals surface area (Å²) >= 11 is 0. The number of alkyl halides is 2. The highest BCUT2D eigenvalue weighted by Gasteiger charge is 2.49. The monoisotopic (exact) mass is 418 g/mol. The summed E-state index contributed by atoms with van der Waals surface area (Å²) in [6, 6.07) is 7.21. The van der Waals surface area contributed by atoms with Gasteiger partial charge in [-0.3, -0.25) is 9.69 Å². The van der Waals surface area contributed by atoms with Crippen LogP contribution in [0.25, 0.3) is 5.57 Å². The van der Waals surface area contributed by atoms with Gasteiger partial charge in [-0.1, -0.05) is 30.3 Å². The van der Waals surface area contributed by atoms with Crippen LogP contribution in [0.2, 0.25) is 0 Å². The summed E-state index contributed by atoms with van der Waals surface area (Å²) in [5.74, 6) is -1.16. The van der Waals surface area contributed by atoms with E-state index in [4.69, 9.17) is 10.5 Å². The molecule has 164 valence electrons. The topological polar surface area (TPSA) is 55.6 Å². The highest BCUT2D eigenvalue weighted by molar-refractivity contribution is 5.83. The van der Waals surface area contributed by atoms with Crippen molar-refractivity contribution < 1.29 is 18.3 Å². The van der Waals surface area contributed by atoms with Gasteiger partial charge in [-0.15, -0.1) is 0 Å². The molecular weight excluding hydrogens is 386 g/mol. The zero-order chi connectivity index (χ0) is 22.1. The van der Waals surface area contributed by atoms with Gasteiger partial charge in [0.25, 0.3) is 0 Å². The maximum absolute atomic E-state index is 16.7. The second-order valence-electron chi connectivity index (χ2n) is 8.50. The number of esters is 1. The Kier molecular flexibility index (Phi) is 6.78. The molecule has 1 aliphatic carbocycles. The molecular formula is C24H32F2N2O2. The van der Waals surface area contributed by atoms with E-state index >= 15 is 4.39 Å². The van der Waals surface area contributed by atoms with Crippen molar-refractivity contribution in [1.29, 1.82) is 0 Å². The van der Waals surface area contributed by atoms with Gasteiger partial charge < -0.3 is 10.5 Å². The lowest BCUT2D eigenvalue weighted by Gasteiger charge is -2.46. The summed E-state index contributed by atoms with van der Waals surface area (Å²) in [5, 5.41) is 0. The van der Waals surface area contributed by atoms with E-state index in [0.29, 0.717) is 5.57 Å². The molecule has 1 aliphatic heterocycles. The molecule has 0 radical (unpaired) electrons. The van der Waals surface area contributed by atoms with E-state index < -0.39 is 29.8 Å². The van der Waals surface area contributed by atoms with Crippen molar-refractivity contribution in [2.75, 3.05) is 26.2 Å². The molecule has 30 heavy (non-hydrogen) atoms. The number of carbonyl (C=O) groups is 1. The number of benzene rings is 1. The number of carbonyl (C=O) groups excluding carboxylic acids is 1. The second-order valence-corrected chi connectivity index (χ2v) is 8.50. The number of hydrogen-bond acceptors (Lipinski definition) is 4. The van der Waals surface area contributed by atoms with Gasteiger partial charge >= 0.3 is 5.97 Å². The summed E-state index contributed by atoms with van der Waals surface area (Å²) in [5.41, 5.74) is 9.14. The lowest BCUT2D eigenvalue weighted by Crippen LogP contribution is -2.59. The first-order chi connectivity index (χ1) is 14.2. The minimum absolute atomic E-state index is 0.0648. The Morgan fingerprint density at radius 2 is 1.97 bits per heavy atom. The summed E-state index contributed by atoms with van der Waals surface area (Å²) in [6.45, 7) is 8.23. The first-order valence-electron chi connectivity index (χ1n) is 10.6. The Labute approximate surface area is 177 Å². The molecule has 1 aromatic carbocycles. The standard InChI is InChI=1S/C24H32F2N2O2/c1-5-30-23(29)11-22(27)21-10-20(19-9-7-6-8-15(19)2)16(3)17(4)24(21,26)14-28-12-18(25)13-28/h6-10,18,21-22H,5,11-14,27H2,1-4H3. The molecule has 0 bridgehead atoms. The Morgan fingerprint density at radius 3 is 2.57 bits per heavy atom. The molecule has 0 saturated carbocycles. The third-order valence-electron chi connectivity index (χ3n) is 6.44. The lowest BCUT2D eigenvalue weighted by molar-refractivity contribution is -0.144. The normalized spacial score (nSPS) is 26.2. The fourth-order valence-electron chi connectivity index (χ4n) is 4.55. The largest absolute Gasteiger partial charge is 0.466 e. The molecule has 3 unspecified atom stereocenters. The average molecular weight is 419 g/mol. The molecule has 1 saturated heterocycles. The van der Waals surface area contributed by atoms with Crippen LogP contribution in [0.15, 0.2) is 41.5 Å². The third kappa shape index (κ3) is 4.35. The van der Waals surface area contributed by atoms with Crippen molar-refractivity contribution in [2.24, 2.45) is 11.7 Å². The number of ether oxygens (including phenoxy) is 1. The van der Waals surface area contributed by atoms with Crippen molar-refractivity contribution in [3.63, 3.8) is 0 Å². The maximum atomic E-state index is 16.7. The van der Waals surface area contributed by atoms with Crippen LogP contribution in [0.4, 0.5) is 8.78 Å².